The molecular formula is C19H23ClN4O3S. The van der Waals surface area contributed by atoms with Gasteiger partial charge in [0.25, 0.3) is 10.0 Å². The van der Waals surface area contributed by atoms with Crippen molar-refractivity contribution in [3.63, 3.8) is 0 Å². The molecule has 2 aromatic carbocycles. The first-order valence-corrected chi connectivity index (χ1v) is 10.2. The van der Waals surface area contributed by atoms with Crippen LogP contribution in [0.5, 0.6) is 0 Å². The molecule has 0 saturated heterocycles. The van der Waals surface area contributed by atoms with Gasteiger partial charge in [-0.1, -0.05) is 24.3 Å². The van der Waals surface area contributed by atoms with Crippen molar-refractivity contribution in [3.8, 4) is 0 Å². The number of carbonyl (C=O) groups is 1. The lowest BCUT2D eigenvalue weighted by Gasteiger charge is -2.05. The molecule has 0 bridgehead atoms. The number of amidine groups is 1. The lowest BCUT2D eigenvalue weighted by atomic mass is 10.1. The van der Waals surface area contributed by atoms with Gasteiger partial charge < -0.3 is 11.1 Å². The molecule has 1 heterocycles. The summed E-state index contributed by atoms with van der Waals surface area (Å²) in [5.74, 6) is 0.299. The maximum atomic E-state index is 12.0. The van der Waals surface area contributed by atoms with E-state index >= 15 is 0 Å². The number of sulfonamides is 1. The molecular weight excluding hydrogens is 400 g/mol. The van der Waals surface area contributed by atoms with Gasteiger partial charge >= 0.3 is 0 Å². The Morgan fingerprint density at radius 3 is 2.57 bits per heavy atom. The molecule has 2 aromatic rings. The SMILES string of the molecule is Cl.Nc1ccc(CCNC(=O)CCCN=C2NS(=O)(=O)c3ccccc32)cc1. The van der Waals surface area contributed by atoms with Crippen LogP contribution in [-0.4, -0.2) is 33.3 Å². The van der Waals surface area contributed by atoms with Crippen LogP contribution in [0.4, 0.5) is 5.69 Å². The molecule has 1 aliphatic heterocycles. The quantitative estimate of drug-likeness (QED) is 0.466. The molecule has 0 saturated carbocycles. The molecule has 0 unspecified atom stereocenters. The second-order valence-electron chi connectivity index (χ2n) is 6.28. The van der Waals surface area contributed by atoms with E-state index in [4.69, 9.17) is 5.73 Å². The first kappa shape index (κ1) is 21.7. The van der Waals surface area contributed by atoms with Crippen LogP contribution in [0.1, 0.15) is 24.0 Å². The highest BCUT2D eigenvalue weighted by atomic mass is 35.5. The standard InChI is InChI=1S/C19H22N4O3S.ClH/c20-15-9-7-14(8-10-15)11-13-21-18(24)6-3-12-22-19-16-4-1-2-5-17(16)27(25,26)23-19;/h1-2,4-5,7-10H,3,6,11-13,20H2,(H,21,24)(H,22,23);1H. The number of amides is 1. The summed E-state index contributed by atoms with van der Waals surface area (Å²) in [4.78, 5) is 16.4. The fourth-order valence-electron chi connectivity index (χ4n) is 2.80. The maximum Gasteiger partial charge on any atom is 0.263 e. The van der Waals surface area contributed by atoms with E-state index in [-0.39, 0.29) is 23.2 Å². The van der Waals surface area contributed by atoms with Gasteiger partial charge in [0.05, 0.1) is 4.90 Å². The summed E-state index contributed by atoms with van der Waals surface area (Å²) in [5.41, 5.74) is 8.05. The first-order valence-electron chi connectivity index (χ1n) is 8.73. The number of hydrogen-bond donors (Lipinski definition) is 3. The Morgan fingerprint density at radius 1 is 1.11 bits per heavy atom. The minimum atomic E-state index is -3.52. The summed E-state index contributed by atoms with van der Waals surface area (Å²) < 4.78 is 26.4. The van der Waals surface area contributed by atoms with Crippen LogP contribution in [0, 0.1) is 0 Å². The number of nitrogen functional groups attached to an aromatic ring is 1. The monoisotopic (exact) mass is 422 g/mol. The van der Waals surface area contributed by atoms with E-state index < -0.39 is 10.0 Å². The molecule has 4 N–H and O–H groups in total. The fraction of sp³-hybridized carbons (Fsp3) is 0.263. The summed E-state index contributed by atoms with van der Waals surface area (Å²) in [6.45, 7) is 0.933. The number of benzene rings is 2. The van der Waals surface area contributed by atoms with Crippen molar-refractivity contribution in [2.24, 2.45) is 4.99 Å². The van der Waals surface area contributed by atoms with Crippen molar-refractivity contribution < 1.29 is 13.2 Å². The van der Waals surface area contributed by atoms with E-state index in [2.05, 4.69) is 15.0 Å². The van der Waals surface area contributed by atoms with Crippen LogP contribution in [-0.2, 0) is 21.2 Å². The molecule has 0 spiro atoms. The molecule has 7 nitrogen and oxygen atoms in total. The van der Waals surface area contributed by atoms with Crippen LogP contribution < -0.4 is 15.8 Å². The zero-order valence-electron chi connectivity index (χ0n) is 15.2. The van der Waals surface area contributed by atoms with E-state index in [1.54, 1.807) is 24.3 Å². The van der Waals surface area contributed by atoms with Gasteiger partial charge in [0.2, 0.25) is 5.91 Å². The number of carbonyl (C=O) groups excluding carboxylic acids is 1. The van der Waals surface area contributed by atoms with E-state index in [0.29, 0.717) is 37.3 Å². The summed E-state index contributed by atoms with van der Waals surface area (Å²) in [6.07, 6.45) is 1.63. The fourth-order valence-corrected chi connectivity index (χ4v) is 4.05. The Hall–Kier alpha value is -2.58. The number of fused-ring (bicyclic) bond motifs is 1. The molecule has 150 valence electrons. The topological polar surface area (TPSA) is 114 Å². The Labute approximate surface area is 170 Å². The average Bonchev–Trinajstić information content (AvgIpc) is 2.91. The number of nitrogens with one attached hydrogen (secondary N) is 2. The Kier molecular flexibility index (Phi) is 7.42. The Morgan fingerprint density at radius 2 is 1.82 bits per heavy atom. The van der Waals surface area contributed by atoms with Crippen LogP contribution in [0.25, 0.3) is 0 Å². The van der Waals surface area contributed by atoms with Crippen LogP contribution in [0.15, 0.2) is 58.4 Å². The van der Waals surface area contributed by atoms with Crippen LogP contribution in [0.2, 0.25) is 0 Å². The molecule has 0 aromatic heterocycles. The average molecular weight is 423 g/mol. The summed E-state index contributed by atoms with van der Waals surface area (Å²) in [6, 6.07) is 14.3. The van der Waals surface area contributed by atoms with Gasteiger partial charge in [-0.15, -0.1) is 12.4 Å². The third-order valence-corrected chi connectivity index (χ3v) is 5.61. The molecule has 0 aliphatic carbocycles. The maximum absolute atomic E-state index is 12.0. The van der Waals surface area contributed by atoms with Gasteiger partial charge in [0, 0.05) is 30.8 Å². The summed E-state index contributed by atoms with van der Waals surface area (Å²) in [5, 5.41) is 2.87. The van der Waals surface area contributed by atoms with Gasteiger partial charge in [-0.05, 0) is 42.7 Å². The molecule has 9 heteroatoms. The summed E-state index contributed by atoms with van der Waals surface area (Å²) >= 11 is 0. The Bertz CT molecular complexity index is 959. The number of anilines is 1. The predicted octanol–water partition coefficient (Wildman–Crippen LogP) is 1.87. The van der Waals surface area contributed by atoms with Crippen LogP contribution >= 0.6 is 12.4 Å². The van der Waals surface area contributed by atoms with Crippen molar-refractivity contribution in [1.29, 1.82) is 0 Å². The number of hydrogen-bond acceptors (Lipinski definition) is 5. The third kappa shape index (κ3) is 5.46. The highest BCUT2D eigenvalue weighted by Gasteiger charge is 2.29. The van der Waals surface area contributed by atoms with E-state index in [9.17, 15) is 13.2 Å². The van der Waals surface area contributed by atoms with Crippen molar-refractivity contribution in [1.82, 2.24) is 10.0 Å². The van der Waals surface area contributed by atoms with Crippen molar-refractivity contribution in [2.45, 2.75) is 24.2 Å². The zero-order valence-corrected chi connectivity index (χ0v) is 16.9. The third-order valence-electron chi connectivity index (χ3n) is 4.21. The molecule has 0 radical (unpaired) electrons. The van der Waals surface area contributed by atoms with Gasteiger partial charge in [-0.3, -0.25) is 14.5 Å². The zero-order chi connectivity index (χ0) is 19.3. The number of nitrogens with zero attached hydrogens (tertiary/aromatic N) is 1. The number of aliphatic imine (C=N–C) groups is 1. The van der Waals surface area contributed by atoms with E-state index in [0.717, 1.165) is 17.7 Å². The second-order valence-corrected chi connectivity index (χ2v) is 7.93. The van der Waals surface area contributed by atoms with Gasteiger partial charge in [-0.2, -0.15) is 0 Å². The van der Waals surface area contributed by atoms with Crippen molar-refractivity contribution in [2.75, 3.05) is 18.8 Å². The van der Waals surface area contributed by atoms with Gasteiger partial charge in [-0.25, -0.2) is 8.42 Å². The molecule has 0 atom stereocenters. The largest absolute Gasteiger partial charge is 0.399 e. The summed E-state index contributed by atoms with van der Waals surface area (Å²) in [7, 11) is -3.52. The van der Waals surface area contributed by atoms with Crippen LogP contribution in [0.3, 0.4) is 0 Å². The minimum Gasteiger partial charge on any atom is -0.399 e. The van der Waals surface area contributed by atoms with Gasteiger partial charge in [0.1, 0.15) is 5.84 Å². The first-order chi connectivity index (χ1) is 13.0. The lowest BCUT2D eigenvalue weighted by molar-refractivity contribution is -0.121. The Balaban J connectivity index is 0.00000280. The molecule has 0 fully saturated rings. The van der Waals surface area contributed by atoms with E-state index in [1.165, 1.54) is 0 Å². The second kappa shape index (κ2) is 9.57. The molecule has 3 rings (SSSR count). The molecule has 28 heavy (non-hydrogen) atoms. The number of nitrogens with two attached hydrogens (primary N) is 1. The number of rotatable bonds is 7. The molecule has 1 aliphatic rings. The van der Waals surface area contributed by atoms with Crippen molar-refractivity contribution >= 4 is 39.9 Å². The molecule has 1 amide bonds. The minimum absolute atomic E-state index is 0. The highest BCUT2D eigenvalue weighted by molar-refractivity contribution is 7.90. The number of halogens is 1. The smallest absolute Gasteiger partial charge is 0.263 e. The normalized spacial score (nSPS) is 15.4. The lowest BCUT2D eigenvalue weighted by Crippen LogP contribution is -2.25. The van der Waals surface area contributed by atoms with Crippen molar-refractivity contribution in [3.05, 3.63) is 59.7 Å². The highest BCUT2D eigenvalue weighted by Crippen LogP contribution is 2.22. The predicted molar refractivity (Wildman–Crippen MR) is 112 cm³/mol. The van der Waals surface area contributed by atoms with Gasteiger partial charge in [0.15, 0.2) is 0 Å². The van der Waals surface area contributed by atoms with E-state index in [1.807, 2.05) is 24.3 Å².